The molecule has 0 spiro atoms. The number of hydrogen-bond acceptors (Lipinski definition) is 6. The number of nitrogens with zero attached hydrogens (tertiary/aromatic N) is 2. The van der Waals surface area contributed by atoms with E-state index in [-0.39, 0.29) is 22.8 Å². The summed E-state index contributed by atoms with van der Waals surface area (Å²) in [4.78, 5) is 8.46. The van der Waals surface area contributed by atoms with Gasteiger partial charge in [0.2, 0.25) is 10.0 Å². The second-order valence-corrected chi connectivity index (χ2v) is 8.89. The number of nitrogens with one attached hydrogen (secondary N) is 1. The predicted molar refractivity (Wildman–Crippen MR) is 106 cm³/mol. The maximum absolute atomic E-state index is 14.0. The highest BCUT2D eigenvalue weighted by Crippen LogP contribution is 2.25. The molecule has 1 heterocycles. The Kier molecular flexibility index (Phi) is 6.69. The van der Waals surface area contributed by atoms with Crippen LogP contribution in [0.5, 0.6) is 11.8 Å². The van der Waals surface area contributed by atoms with E-state index in [9.17, 15) is 12.8 Å². The number of rotatable bonds is 7. The van der Waals surface area contributed by atoms with Crippen molar-refractivity contribution in [1.82, 2.24) is 14.7 Å². The molecule has 1 aliphatic rings. The molecule has 1 aromatic carbocycles. The van der Waals surface area contributed by atoms with Crippen molar-refractivity contribution >= 4 is 10.0 Å². The zero-order valence-corrected chi connectivity index (χ0v) is 17.6. The van der Waals surface area contributed by atoms with Gasteiger partial charge in [-0.3, -0.25) is 0 Å². The molecule has 1 aromatic heterocycles. The van der Waals surface area contributed by atoms with Crippen LogP contribution in [0.4, 0.5) is 4.39 Å². The molecule has 0 radical (unpaired) electrons. The molecule has 1 fully saturated rings. The average molecular weight is 424 g/mol. The Hall–Kier alpha value is -2.26. The van der Waals surface area contributed by atoms with E-state index < -0.39 is 15.8 Å². The monoisotopic (exact) mass is 423 g/mol. The van der Waals surface area contributed by atoms with E-state index in [1.54, 1.807) is 6.92 Å². The number of aromatic nitrogens is 2. The quantitative estimate of drug-likeness (QED) is 0.735. The summed E-state index contributed by atoms with van der Waals surface area (Å²) in [5.41, 5.74) is 1.69. The fraction of sp³-hybridized carbons (Fsp3) is 0.500. The van der Waals surface area contributed by atoms with Gasteiger partial charge in [-0.15, -0.1) is 0 Å². The number of sulfonamides is 1. The molecule has 0 unspecified atom stereocenters. The Bertz CT molecular complexity index is 940. The van der Waals surface area contributed by atoms with Crippen molar-refractivity contribution in [2.75, 3.05) is 6.61 Å². The maximum Gasteiger partial charge on any atom is 0.317 e. The number of halogens is 1. The minimum Gasteiger partial charge on any atom is -0.491 e. The summed E-state index contributed by atoms with van der Waals surface area (Å²) < 4.78 is 52.9. The second-order valence-electron chi connectivity index (χ2n) is 7.17. The Balaban J connectivity index is 1.57. The molecule has 0 atom stereocenters. The highest BCUT2D eigenvalue weighted by Gasteiger charge is 2.27. The summed E-state index contributed by atoms with van der Waals surface area (Å²) in [7, 11) is -3.81. The first-order valence-electron chi connectivity index (χ1n) is 9.70. The van der Waals surface area contributed by atoms with Crippen LogP contribution in [-0.4, -0.2) is 37.1 Å². The second kappa shape index (κ2) is 9.04. The molecule has 2 aromatic rings. The fourth-order valence-corrected chi connectivity index (χ4v) is 4.72. The minimum atomic E-state index is -3.81. The van der Waals surface area contributed by atoms with Crippen LogP contribution in [0.15, 0.2) is 29.2 Å². The molecule has 0 bridgehead atoms. The van der Waals surface area contributed by atoms with E-state index in [2.05, 4.69) is 14.7 Å². The van der Waals surface area contributed by atoms with Gasteiger partial charge in [0.15, 0.2) is 11.6 Å². The van der Waals surface area contributed by atoms with Gasteiger partial charge in [-0.2, -0.15) is 0 Å². The summed E-state index contributed by atoms with van der Waals surface area (Å²) in [6, 6.07) is 5.68. The lowest BCUT2D eigenvalue weighted by molar-refractivity contribution is 0.131. The summed E-state index contributed by atoms with van der Waals surface area (Å²) in [5.74, 6) is -0.655. The number of ether oxygens (including phenoxy) is 2. The molecule has 9 heteroatoms. The normalized spacial score (nSPS) is 19.7. The van der Waals surface area contributed by atoms with Crippen LogP contribution >= 0.6 is 0 Å². The zero-order valence-electron chi connectivity index (χ0n) is 16.8. The number of benzene rings is 1. The Labute approximate surface area is 170 Å². The van der Waals surface area contributed by atoms with Crippen molar-refractivity contribution in [3.8, 4) is 11.8 Å². The van der Waals surface area contributed by atoms with E-state index in [0.29, 0.717) is 38.3 Å². The van der Waals surface area contributed by atoms with Crippen LogP contribution in [-0.2, 0) is 10.0 Å². The molecule has 3 rings (SSSR count). The summed E-state index contributed by atoms with van der Waals surface area (Å²) in [6.07, 6.45) is 2.55. The lowest BCUT2D eigenvalue weighted by atomic mass is 9.94. The van der Waals surface area contributed by atoms with E-state index >= 15 is 0 Å². The first-order valence-corrected chi connectivity index (χ1v) is 11.2. The van der Waals surface area contributed by atoms with Crippen LogP contribution in [0.2, 0.25) is 0 Å². The summed E-state index contributed by atoms with van der Waals surface area (Å²) >= 11 is 0. The van der Waals surface area contributed by atoms with Gasteiger partial charge >= 0.3 is 6.01 Å². The SMILES string of the molecule is CCOc1ccc(S(=O)(=O)NC2CCC(Oc3nc(C)cc(C)n3)CC2)cc1F. The molecule has 1 N–H and O–H groups in total. The molecule has 1 saturated carbocycles. The van der Waals surface area contributed by atoms with Gasteiger partial charge in [0.05, 0.1) is 11.5 Å². The largest absolute Gasteiger partial charge is 0.491 e. The van der Waals surface area contributed by atoms with E-state index in [1.807, 2.05) is 19.9 Å². The van der Waals surface area contributed by atoms with Gasteiger partial charge in [0.25, 0.3) is 0 Å². The van der Waals surface area contributed by atoms with Crippen LogP contribution in [0.1, 0.15) is 44.0 Å². The molecule has 1 aliphatic carbocycles. The third kappa shape index (κ3) is 5.63. The molecule has 0 saturated heterocycles. The van der Waals surface area contributed by atoms with Gasteiger partial charge in [0.1, 0.15) is 6.10 Å². The lowest BCUT2D eigenvalue weighted by Crippen LogP contribution is -2.39. The van der Waals surface area contributed by atoms with E-state index in [4.69, 9.17) is 9.47 Å². The molecule has 0 aliphatic heterocycles. The summed E-state index contributed by atoms with van der Waals surface area (Å²) in [6.45, 7) is 5.81. The van der Waals surface area contributed by atoms with Crippen LogP contribution in [0.25, 0.3) is 0 Å². The van der Waals surface area contributed by atoms with Gasteiger partial charge < -0.3 is 9.47 Å². The first-order chi connectivity index (χ1) is 13.8. The van der Waals surface area contributed by atoms with Crippen molar-refractivity contribution in [2.24, 2.45) is 0 Å². The Morgan fingerprint density at radius 1 is 1.10 bits per heavy atom. The fourth-order valence-electron chi connectivity index (χ4n) is 3.40. The van der Waals surface area contributed by atoms with Gasteiger partial charge in [-0.1, -0.05) is 0 Å². The van der Waals surface area contributed by atoms with Crippen molar-refractivity contribution in [3.63, 3.8) is 0 Å². The van der Waals surface area contributed by atoms with Crippen molar-refractivity contribution < 1.29 is 22.3 Å². The number of hydrogen-bond donors (Lipinski definition) is 1. The van der Waals surface area contributed by atoms with Crippen LogP contribution < -0.4 is 14.2 Å². The zero-order chi connectivity index (χ0) is 21.0. The Morgan fingerprint density at radius 3 is 2.34 bits per heavy atom. The smallest absolute Gasteiger partial charge is 0.317 e. The first kappa shape index (κ1) is 21.4. The molecule has 7 nitrogen and oxygen atoms in total. The van der Waals surface area contributed by atoms with Gasteiger partial charge in [0, 0.05) is 17.4 Å². The van der Waals surface area contributed by atoms with Crippen LogP contribution in [0.3, 0.4) is 0 Å². The molecule has 0 amide bonds. The molecular formula is C20H26FN3O4S. The van der Waals surface area contributed by atoms with E-state index in [0.717, 1.165) is 17.5 Å². The maximum atomic E-state index is 14.0. The third-order valence-corrected chi connectivity index (χ3v) is 6.26. The Morgan fingerprint density at radius 2 is 1.76 bits per heavy atom. The summed E-state index contributed by atoms with van der Waals surface area (Å²) in [5, 5.41) is 0. The van der Waals surface area contributed by atoms with Crippen molar-refractivity contribution in [1.29, 1.82) is 0 Å². The molecular weight excluding hydrogens is 397 g/mol. The van der Waals surface area contributed by atoms with Crippen molar-refractivity contribution in [2.45, 2.75) is 63.5 Å². The van der Waals surface area contributed by atoms with Gasteiger partial charge in [-0.05, 0) is 70.7 Å². The molecule has 29 heavy (non-hydrogen) atoms. The third-order valence-electron chi connectivity index (χ3n) is 4.74. The minimum absolute atomic E-state index is 0.0395. The lowest BCUT2D eigenvalue weighted by Gasteiger charge is -2.28. The average Bonchev–Trinajstić information content (AvgIpc) is 2.64. The van der Waals surface area contributed by atoms with Crippen molar-refractivity contribution in [3.05, 3.63) is 41.5 Å². The molecule has 158 valence electrons. The highest BCUT2D eigenvalue weighted by atomic mass is 32.2. The predicted octanol–water partition coefficient (Wildman–Crippen LogP) is 3.30. The number of aryl methyl sites for hydroxylation is 2. The standard InChI is InChI=1S/C20H26FN3O4S/c1-4-27-19-10-9-17(12-18(19)21)29(25,26)24-15-5-7-16(8-6-15)28-20-22-13(2)11-14(3)23-20/h9-12,15-16,24H,4-8H2,1-3H3. The van der Waals surface area contributed by atoms with Crippen LogP contribution in [0, 0.1) is 19.7 Å². The van der Waals surface area contributed by atoms with Gasteiger partial charge in [-0.25, -0.2) is 27.5 Å². The topological polar surface area (TPSA) is 90.4 Å². The van der Waals surface area contributed by atoms with E-state index in [1.165, 1.54) is 12.1 Å². The highest BCUT2D eigenvalue weighted by molar-refractivity contribution is 7.89.